The summed E-state index contributed by atoms with van der Waals surface area (Å²) < 4.78 is 60.5. The molecule has 3 heterocycles. The van der Waals surface area contributed by atoms with Gasteiger partial charge in [0.25, 0.3) is 0 Å². The molecule has 0 radical (unpaired) electrons. The second kappa shape index (κ2) is 12.0. The number of aliphatic hydroxyl groups excluding tert-OH is 1. The molecule has 2 N–H and O–H groups in total. The molecule has 2 saturated heterocycles. The molecule has 2 fully saturated rings. The molecule has 1 aromatic heterocycles. The van der Waals surface area contributed by atoms with Gasteiger partial charge in [-0.05, 0) is 56.7 Å². The predicted octanol–water partition coefficient (Wildman–Crippen LogP) is 4.74. The number of halogens is 4. The van der Waals surface area contributed by atoms with E-state index in [1.807, 2.05) is 4.90 Å². The highest BCUT2D eigenvalue weighted by molar-refractivity contribution is 6.03. The second-order valence-electron chi connectivity index (χ2n) is 12.0. The van der Waals surface area contributed by atoms with Crippen LogP contribution in [0.3, 0.4) is 0 Å². The summed E-state index contributed by atoms with van der Waals surface area (Å²) in [6, 6.07) is 8.59. The number of hydrogen-bond acceptors (Lipinski definition) is 7. The number of likely N-dealkylation sites (N-methyl/N-ethyl adjacent to an activating group) is 1. The number of anilines is 2. The molecular weight excluding hydrogens is 580 g/mol. The van der Waals surface area contributed by atoms with E-state index in [4.69, 9.17) is 4.74 Å². The fourth-order valence-electron chi connectivity index (χ4n) is 6.05. The first kappa shape index (κ1) is 31.7. The lowest BCUT2D eigenvalue weighted by Gasteiger charge is -2.48. The van der Waals surface area contributed by atoms with Gasteiger partial charge in [0.2, 0.25) is 5.91 Å². The van der Waals surface area contributed by atoms with E-state index in [1.165, 1.54) is 30.3 Å². The smallest absolute Gasteiger partial charge is 0.416 e. The van der Waals surface area contributed by atoms with Crippen molar-refractivity contribution >= 4 is 17.4 Å². The summed E-state index contributed by atoms with van der Waals surface area (Å²) in [6.45, 7) is 7.52. The van der Waals surface area contributed by atoms with Crippen LogP contribution in [0, 0.1) is 12.7 Å². The highest BCUT2D eigenvalue weighted by atomic mass is 19.4. The average Bonchev–Trinajstić information content (AvgIpc) is 2.98. The fourth-order valence-corrected chi connectivity index (χ4v) is 6.05. The number of carbonyl (C=O) groups excluding carboxylic acids is 1. The molecule has 2 aliphatic rings. The molecule has 0 bridgehead atoms. The van der Waals surface area contributed by atoms with Crippen molar-refractivity contribution in [1.82, 2.24) is 9.88 Å². The number of nitrogens with zero attached hydrogens (tertiary/aromatic N) is 4. The van der Waals surface area contributed by atoms with Crippen LogP contribution in [0.2, 0.25) is 0 Å². The van der Waals surface area contributed by atoms with Gasteiger partial charge in [0.05, 0.1) is 54.8 Å². The third-order valence-corrected chi connectivity index (χ3v) is 8.59. The number of aryl methyl sites for hydroxylation is 1. The molecule has 2 atom stereocenters. The number of morpholine rings is 1. The van der Waals surface area contributed by atoms with Crippen LogP contribution in [0.15, 0.2) is 48.7 Å². The van der Waals surface area contributed by atoms with Crippen molar-refractivity contribution in [2.75, 3.05) is 56.3 Å². The van der Waals surface area contributed by atoms with Crippen LogP contribution in [0.1, 0.15) is 30.5 Å². The van der Waals surface area contributed by atoms with Crippen molar-refractivity contribution < 1.29 is 37.3 Å². The Hall–Kier alpha value is -3.74. The molecular formula is C32H36F4N4O4. The number of alkyl halides is 3. The number of aliphatic hydroxyl groups is 1. The van der Waals surface area contributed by atoms with Crippen LogP contribution in [0.4, 0.5) is 29.1 Å². The van der Waals surface area contributed by atoms with Gasteiger partial charge in [-0.25, -0.2) is 9.37 Å². The van der Waals surface area contributed by atoms with Gasteiger partial charge < -0.3 is 24.7 Å². The van der Waals surface area contributed by atoms with Gasteiger partial charge in [-0.2, -0.15) is 13.2 Å². The van der Waals surface area contributed by atoms with Crippen LogP contribution in [0.5, 0.6) is 5.75 Å². The first-order chi connectivity index (χ1) is 20.7. The summed E-state index contributed by atoms with van der Waals surface area (Å²) in [5.74, 6) is -1.05. The Balaban J connectivity index is 1.57. The Morgan fingerprint density at radius 3 is 2.50 bits per heavy atom. The predicted molar refractivity (Wildman–Crippen MR) is 158 cm³/mol. The summed E-state index contributed by atoms with van der Waals surface area (Å²) in [4.78, 5) is 24.2. The highest BCUT2D eigenvalue weighted by Crippen LogP contribution is 2.41. The van der Waals surface area contributed by atoms with E-state index in [-0.39, 0.29) is 41.3 Å². The van der Waals surface area contributed by atoms with Gasteiger partial charge in [0.15, 0.2) is 0 Å². The quantitative estimate of drug-likeness (QED) is 0.387. The topological polar surface area (TPSA) is 89.4 Å². The number of carbonyl (C=O) groups is 1. The minimum atomic E-state index is -4.58. The maximum absolute atomic E-state index is 14.0. The molecule has 44 heavy (non-hydrogen) atoms. The van der Waals surface area contributed by atoms with Gasteiger partial charge >= 0.3 is 6.18 Å². The lowest BCUT2D eigenvalue weighted by molar-refractivity contribution is -0.137. The van der Waals surface area contributed by atoms with Gasteiger partial charge in [0, 0.05) is 43.9 Å². The summed E-state index contributed by atoms with van der Waals surface area (Å²) in [5.41, 5.74) is -0.825. The van der Waals surface area contributed by atoms with E-state index in [0.29, 0.717) is 43.2 Å². The van der Waals surface area contributed by atoms with Gasteiger partial charge in [0.1, 0.15) is 17.4 Å². The van der Waals surface area contributed by atoms with Crippen LogP contribution >= 0.6 is 0 Å². The molecule has 0 aliphatic carbocycles. The van der Waals surface area contributed by atoms with Gasteiger partial charge in [-0.3, -0.25) is 9.69 Å². The molecule has 0 spiro atoms. The molecule has 3 aromatic rings. The van der Waals surface area contributed by atoms with Crippen LogP contribution in [-0.2, 0) is 21.1 Å². The molecule has 0 unspecified atom stereocenters. The van der Waals surface area contributed by atoms with E-state index < -0.39 is 28.9 Å². The van der Waals surface area contributed by atoms with Crippen molar-refractivity contribution in [1.29, 1.82) is 0 Å². The Kier molecular flexibility index (Phi) is 8.63. The molecule has 12 heteroatoms. The number of ether oxygens (including phenoxy) is 1. The number of phenolic OH excluding ortho intramolecular Hbond substituents is 1. The molecule has 8 nitrogen and oxygen atoms in total. The van der Waals surface area contributed by atoms with E-state index in [9.17, 15) is 32.6 Å². The summed E-state index contributed by atoms with van der Waals surface area (Å²) in [6.07, 6.45) is -3.13. The number of amides is 1. The molecule has 2 aromatic carbocycles. The second-order valence-corrected chi connectivity index (χ2v) is 12.0. The van der Waals surface area contributed by atoms with Crippen molar-refractivity contribution in [3.8, 4) is 16.9 Å². The maximum Gasteiger partial charge on any atom is 0.416 e. The number of aromatic hydroxyl groups is 1. The standard InChI is InChI=1S/C32H36F4N4O4/c1-19-9-20(11-21(10-19)32(34,35)36)31(2,3)30(43)38(4)27-14-37-29(13-26(27)25-6-5-22(33)12-28(25)42)40-16-24-18-44-8-7-39(24)15-23(40)17-41/h5-6,9-14,23-24,41-42H,7-8,15-18H2,1-4H3/t23-,24-/m0/s1. The lowest BCUT2D eigenvalue weighted by atomic mass is 9.81. The molecule has 0 saturated carbocycles. The zero-order valence-electron chi connectivity index (χ0n) is 25.0. The van der Waals surface area contributed by atoms with Crippen molar-refractivity contribution in [2.45, 2.75) is 44.4 Å². The van der Waals surface area contributed by atoms with Crippen LogP contribution < -0.4 is 9.80 Å². The van der Waals surface area contributed by atoms with Crippen LogP contribution in [-0.4, -0.2) is 84.6 Å². The van der Waals surface area contributed by atoms with Gasteiger partial charge in [-0.15, -0.1) is 0 Å². The number of fused-ring (bicyclic) bond motifs is 1. The number of phenols is 1. The third kappa shape index (κ3) is 6.11. The first-order valence-electron chi connectivity index (χ1n) is 14.4. The van der Waals surface area contributed by atoms with E-state index in [0.717, 1.165) is 24.7 Å². The molecule has 236 valence electrons. The molecule has 5 rings (SSSR count). The van der Waals surface area contributed by atoms with Crippen molar-refractivity contribution in [3.63, 3.8) is 0 Å². The largest absolute Gasteiger partial charge is 0.507 e. The van der Waals surface area contributed by atoms with E-state index >= 15 is 0 Å². The molecule has 2 aliphatic heterocycles. The minimum absolute atomic E-state index is 0.0802. The number of hydrogen-bond donors (Lipinski definition) is 2. The minimum Gasteiger partial charge on any atom is -0.507 e. The Bertz CT molecular complexity index is 1550. The molecule has 1 amide bonds. The van der Waals surface area contributed by atoms with Gasteiger partial charge in [-0.1, -0.05) is 11.6 Å². The number of rotatable bonds is 6. The normalized spacial score (nSPS) is 19.5. The number of benzene rings is 2. The fraction of sp³-hybridized carbons (Fsp3) is 0.438. The van der Waals surface area contributed by atoms with E-state index in [2.05, 4.69) is 9.88 Å². The van der Waals surface area contributed by atoms with Crippen molar-refractivity contribution in [3.05, 3.63) is 71.2 Å². The maximum atomic E-state index is 14.0. The summed E-state index contributed by atoms with van der Waals surface area (Å²) >= 11 is 0. The number of pyridine rings is 1. The first-order valence-corrected chi connectivity index (χ1v) is 14.4. The number of piperazine rings is 1. The Morgan fingerprint density at radius 2 is 1.82 bits per heavy atom. The number of aromatic nitrogens is 1. The average molecular weight is 617 g/mol. The Morgan fingerprint density at radius 1 is 1.09 bits per heavy atom. The summed E-state index contributed by atoms with van der Waals surface area (Å²) in [5, 5.41) is 21.0. The highest BCUT2D eigenvalue weighted by Gasteiger charge is 2.39. The van der Waals surface area contributed by atoms with Crippen molar-refractivity contribution in [2.24, 2.45) is 0 Å². The zero-order chi connectivity index (χ0) is 32.0. The SMILES string of the molecule is Cc1cc(C(F)(F)F)cc(C(C)(C)C(=O)N(C)c2cnc(N3C[C@H]4COCCN4C[C@H]3CO)cc2-c2ccc(F)cc2O)c1. The Labute approximate surface area is 253 Å². The zero-order valence-corrected chi connectivity index (χ0v) is 25.0. The van der Waals surface area contributed by atoms with E-state index in [1.54, 1.807) is 32.9 Å². The third-order valence-electron chi connectivity index (χ3n) is 8.59. The van der Waals surface area contributed by atoms with Crippen LogP contribution in [0.25, 0.3) is 11.1 Å². The monoisotopic (exact) mass is 616 g/mol. The lowest BCUT2D eigenvalue weighted by Crippen LogP contribution is -2.63. The summed E-state index contributed by atoms with van der Waals surface area (Å²) in [7, 11) is 1.49.